The van der Waals surface area contributed by atoms with Gasteiger partial charge in [0.15, 0.2) is 0 Å². The lowest BCUT2D eigenvalue weighted by molar-refractivity contribution is 0.0696. The summed E-state index contributed by atoms with van der Waals surface area (Å²) in [5.41, 5.74) is 1.41. The summed E-state index contributed by atoms with van der Waals surface area (Å²) in [6, 6.07) is 9.97. The van der Waals surface area contributed by atoms with Crippen LogP contribution in [-0.4, -0.2) is 15.6 Å². The highest BCUT2D eigenvalue weighted by Gasteiger charge is 2.05. The highest BCUT2D eigenvalue weighted by Crippen LogP contribution is 2.08. The number of rotatable bonds is 2. The zero-order valence-electron chi connectivity index (χ0n) is 9.25. The van der Waals surface area contributed by atoms with Crippen LogP contribution in [-0.2, 0) is 0 Å². The molecule has 17 heavy (non-hydrogen) atoms. The number of carbonyl (C=O) groups is 1. The Kier molecular flexibility index (Phi) is 2.78. The Morgan fingerprint density at radius 2 is 2.00 bits per heavy atom. The van der Waals surface area contributed by atoms with Crippen molar-refractivity contribution in [2.75, 3.05) is 0 Å². The summed E-state index contributed by atoms with van der Waals surface area (Å²) in [5, 5.41) is 8.77. The molecule has 0 atom stereocenters. The second-order valence-corrected chi connectivity index (χ2v) is 3.77. The molecule has 0 aliphatic rings. The standard InChI is InChI=1S/C13H11NO3/c1-9-3-2-4-11(7-9)14-6-5-10(13(16)17)8-12(14)15/h2-8H,1H3,(H,16,17). The first-order chi connectivity index (χ1) is 8.08. The van der Waals surface area contributed by atoms with Gasteiger partial charge in [0.05, 0.1) is 5.56 Å². The van der Waals surface area contributed by atoms with E-state index in [-0.39, 0.29) is 11.1 Å². The smallest absolute Gasteiger partial charge is 0.335 e. The fourth-order valence-electron chi connectivity index (χ4n) is 1.60. The van der Waals surface area contributed by atoms with Gasteiger partial charge < -0.3 is 5.11 Å². The molecule has 1 N–H and O–H groups in total. The van der Waals surface area contributed by atoms with E-state index in [0.717, 1.165) is 17.3 Å². The number of aryl methyl sites for hydroxylation is 1. The monoisotopic (exact) mass is 229 g/mol. The lowest BCUT2D eigenvalue weighted by Crippen LogP contribution is -2.18. The third-order valence-corrected chi connectivity index (χ3v) is 2.45. The molecule has 1 heterocycles. The van der Waals surface area contributed by atoms with Gasteiger partial charge in [0.1, 0.15) is 0 Å². The molecule has 2 rings (SSSR count). The molecule has 0 fully saturated rings. The number of aromatic nitrogens is 1. The van der Waals surface area contributed by atoms with E-state index in [2.05, 4.69) is 0 Å². The van der Waals surface area contributed by atoms with Crippen molar-refractivity contribution in [1.29, 1.82) is 0 Å². The van der Waals surface area contributed by atoms with Crippen LogP contribution in [0.1, 0.15) is 15.9 Å². The Bertz CT molecular complexity index is 629. The van der Waals surface area contributed by atoms with Gasteiger partial charge in [-0.2, -0.15) is 0 Å². The lowest BCUT2D eigenvalue weighted by Gasteiger charge is -2.06. The largest absolute Gasteiger partial charge is 0.478 e. The predicted molar refractivity (Wildman–Crippen MR) is 63.7 cm³/mol. The molecule has 4 nitrogen and oxygen atoms in total. The SMILES string of the molecule is Cc1cccc(-n2ccc(C(=O)O)cc2=O)c1. The van der Waals surface area contributed by atoms with Crippen molar-refractivity contribution in [3.63, 3.8) is 0 Å². The molecule has 0 aliphatic carbocycles. The van der Waals surface area contributed by atoms with E-state index in [0.29, 0.717) is 0 Å². The maximum absolute atomic E-state index is 11.8. The number of pyridine rings is 1. The Balaban J connectivity index is 2.54. The molecular weight excluding hydrogens is 218 g/mol. The minimum Gasteiger partial charge on any atom is -0.478 e. The molecule has 86 valence electrons. The Labute approximate surface area is 97.8 Å². The first-order valence-electron chi connectivity index (χ1n) is 5.11. The summed E-state index contributed by atoms with van der Waals surface area (Å²) in [6.07, 6.45) is 1.47. The van der Waals surface area contributed by atoms with E-state index in [1.165, 1.54) is 16.8 Å². The number of hydrogen-bond donors (Lipinski definition) is 1. The van der Waals surface area contributed by atoms with Crippen molar-refractivity contribution in [2.45, 2.75) is 6.92 Å². The van der Waals surface area contributed by atoms with Crippen LogP contribution < -0.4 is 5.56 Å². The Morgan fingerprint density at radius 1 is 1.24 bits per heavy atom. The molecule has 2 aromatic rings. The van der Waals surface area contributed by atoms with Crippen LogP contribution in [0.4, 0.5) is 0 Å². The average Bonchev–Trinajstić information content (AvgIpc) is 2.28. The fraction of sp³-hybridized carbons (Fsp3) is 0.0769. The molecule has 0 spiro atoms. The minimum absolute atomic E-state index is 0.00102. The van der Waals surface area contributed by atoms with Crippen LogP contribution in [0.15, 0.2) is 47.4 Å². The third-order valence-electron chi connectivity index (χ3n) is 2.45. The quantitative estimate of drug-likeness (QED) is 0.854. The molecule has 0 saturated carbocycles. The normalized spacial score (nSPS) is 10.2. The molecule has 0 radical (unpaired) electrons. The van der Waals surface area contributed by atoms with Gasteiger partial charge in [0, 0.05) is 18.0 Å². The number of benzene rings is 1. The van der Waals surface area contributed by atoms with Gasteiger partial charge in [-0.3, -0.25) is 9.36 Å². The van der Waals surface area contributed by atoms with Crippen molar-refractivity contribution in [3.05, 3.63) is 64.1 Å². The zero-order valence-corrected chi connectivity index (χ0v) is 9.25. The van der Waals surface area contributed by atoms with Crippen LogP contribution in [0.2, 0.25) is 0 Å². The van der Waals surface area contributed by atoms with Crippen molar-refractivity contribution < 1.29 is 9.90 Å². The van der Waals surface area contributed by atoms with Crippen LogP contribution >= 0.6 is 0 Å². The molecule has 0 amide bonds. The summed E-state index contributed by atoms with van der Waals surface area (Å²) in [5.74, 6) is -1.10. The van der Waals surface area contributed by atoms with E-state index < -0.39 is 5.97 Å². The van der Waals surface area contributed by atoms with E-state index in [4.69, 9.17) is 5.11 Å². The first kappa shape index (κ1) is 11.1. The summed E-state index contributed by atoms with van der Waals surface area (Å²) in [6.45, 7) is 1.93. The maximum Gasteiger partial charge on any atom is 0.335 e. The molecule has 0 saturated heterocycles. The van der Waals surface area contributed by atoms with E-state index in [9.17, 15) is 9.59 Å². The van der Waals surface area contributed by atoms with Crippen molar-refractivity contribution >= 4 is 5.97 Å². The number of carboxylic acids is 1. The van der Waals surface area contributed by atoms with Gasteiger partial charge >= 0.3 is 5.97 Å². The summed E-state index contributed by atoms with van der Waals surface area (Å²) >= 11 is 0. The summed E-state index contributed by atoms with van der Waals surface area (Å²) < 4.78 is 1.42. The van der Waals surface area contributed by atoms with Gasteiger partial charge in [-0.15, -0.1) is 0 Å². The number of hydrogen-bond acceptors (Lipinski definition) is 2. The second kappa shape index (κ2) is 4.25. The number of carboxylic acid groups (broad SMARTS) is 1. The lowest BCUT2D eigenvalue weighted by atomic mass is 10.2. The van der Waals surface area contributed by atoms with Crippen LogP contribution in [0.3, 0.4) is 0 Å². The van der Waals surface area contributed by atoms with Gasteiger partial charge in [0.25, 0.3) is 5.56 Å². The van der Waals surface area contributed by atoms with Gasteiger partial charge in [-0.05, 0) is 30.7 Å². The fourth-order valence-corrected chi connectivity index (χ4v) is 1.60. The molecule has 4 heteroatoms. The summed E-state index contributed by atoms with van der Waals surface area (Å²) in [4.78, 5) is 22.5. The average molecular weight is 229 g/mol. The van der Waals surface area contributed by atoms with E-state index in [1.54, 1.807) is 6.07 Å². The highest BCUT2D eigenvalue weighted by molar-refractivity contribution is 5.87. The van der Waals surface area contributed by atoms with Crippen LogP contribution in [0.25, 0.3) is 5.69 Å². The second-order valence-electron chi connectivity index (χ2n) is 3.77. The molecule has 0 aliphatic heterocycles. The van der Waals surface area contributed by atoms with Gasteiger partial charge in [-0.25, -0.2) is 4.79 Å². The van der Waals surface area contributed by atoms with Crippen molar-refractivity contribution in [1.82, 2.24) is 4.57 Å². The third kappa shape index (κ3) is 2.25. The molecular formula is C13H11NO3. The van der Waals surface area contributed by atoms with Crippen LogP contribution in [0.5, 0.6) is 0 Å². The predicted octanol–water partition coefficient (Wildman–Crippen LogP) is 1.84. The molecule has 0 bridgehead atoms. The first-order valence-corrected chi connectivity index (χ1v) is 5.11. The van der Waals surface area contributed by atoms with Crippen molar-refractivity contribution in [2.24, 2.45) is 0 Å². The van der Waals surface area contributed by atoms with E-state index >= 15 is 0 Å². The number of aromatic carboxylic acids is 1. The molecule has 0 unspecified atom stereocenters. The summed E-state index contributed by atoms with van der Waals surface area (Å²) in [7, 11) is 0. The van der Waals surface area contributed by atoms with E-state index in [1.807, 2.05) is 25.1 Å². The zero-order chi connectivity index (χ0) is 12.4. The molecule has 1 aromatic carbocycles. The topological polar surface area (TPSA) is 59.3 Å². The maximum atomic E-state index is 11.8. The Hall–Kier alpha value is -2.36. The van der Waals surface area contributed by atoms with Gasteiger partial charge in [0.2, 0.25) is 0 Å². The van der Waals surface area contributed by atoms with Gasteiger partial charge in [-0.1, -0.05) is 12.1 Å². The highest BCUT2D eigenvalue weighted by atomic mass is 16.4. The minimum atomic E-state index is -1.10. The van der Waals surface area contributed by atoms with Crippen molar-refractivity contribution in [3.8, 4) is 5.69 Å². The number of nitrogens with zero attached hydrogens (tertiary/aromatic N) is 1. The van der Waals surface area contributed by atoms with Crippen LogP contribution in [0, 0.1) is 6.92 Å². The Morgan fingerprint density at radius 3 is 2.59 bits per heavy atom. The molecule has 1 aromatic heterocycles.